The molecule has 7 heteroatoms. The third-order valence-electron chi connectivity index (χ3n) is 5.15. The van der Waals surface area contributed by atoms with E-state index in [9.17, 15) is 9.90 Å². The minimum absolute atomic E-state index is 0.130. The van der Waals surface area contributed by atoms with Gasteiger partial charge in [0.2, 0.25) is 5.91 Å². The Balaban J connectivity index is 1.54. The molecule has 0 aliphatic carbocycles. The largest absolute Gasteiger partial charge is 0.388 e. The van der Waals surface area contributed by atoms with Crippen LogP contribution in [0.15, 0.2) is 36.4 Å². The van der Waals surface area contributed by atoms with Gasteiger partial charge in [-0.2, -0.15) is 5.10 Å². The van der Waals surface area contributed by atoms with Crippen molar-refractivity contribution >= 4 is 5.91 Å². The maximum Gasteiger partial charge on any atom is 0.236 e. The van der Waals surface area contributed by atoms with Crippen LogP contribution >= 0.6 is 0 Å². The third-order valence-corrected chi connectivity index (χ3v) is 5.15. The number of hydrogen-bond acceptors (Lipinski definition) is 5. The van der Waals surface area contributed by atoms with Crippen LogP contribution in [-0.2, 0) is 24.4 Å². The zero-order valence-electron chi connectivity index (χ0n) is 16.8. The van der Waals surface area contributed by atoms with Gasteiger partial charge in [0.05, 0.1) is 30.6 Å². The number of aryl methyl sites for hydroxylation is 1. The summed E-state index contributed by atoms with van der Waals surface area (Å²) in [5.41, 5.74) is 3.06. The van der Waals surface area contributed by atoms with E-state index >= 15 is 0 Å². The van der Waals surface area contributed by atoms with Crippen molar-refractivity contribution in [1.29, 1.82) is 0 Å². The number of rotatable bonds is 8. The first-order valence-corrected chi connectivity index (χ1v) is 9.96. The number of aliphatic hydroxyl groups excluding tert-OH is 1. The summed E-state index contributed by atoms with van der Waals surface area (Å²) in [7, 11) is 3.84. The molecule has 1 atom stereocenters. The molecule has 3 rings (SSSR count). The molecule has 2 heterocycles. The minimum Gasteiger partial charge on any atom is -0.388 e. The van der Waals surface area contributed by atoms with Crippen molar-refractivity contribution in [2.45, 2.75) is 38.6 Å². The number of carbonyl (C=O) groups is 1. The van der Waals surface area contributed by atoms with Gasteiger partial charge < -0.3 is 20.2 Å². The quantitative estimate of drug-likeness (QED) is 0.718. The van der Waals surface area contributed by atoms with Crippen LogP contribution in [0.5, 0.6) is 0 Å². The number of nitrogens with zero attached hydrogens (tertiary/aromatic N) is 4. The van der Waals surface area contributed by atoms with Gasteiger partial charge in [-0.15, -0.1) is 0 Å². The van der Waals surface area contributed by atoms with E-state index in [1.165, 1.54) is 0 Å². The van der Waals surface area contributed by atoms with Crippen LogP contribution in [0.25, 0.3) is 0 Å². The first-order valence-electron chi connectivity index (χ1n) is 9.96. The Morgan fingerprint density at radius 1 is 1.32 bits per heavy atom. The van der Waals surface area contributed by atoms with Crippen molar-refractivity contribution in [3.05, 3.63) is 53.3 Å². The van der Waals surface area contributed by atoms with Gasteiger partial charge in [-0.25, -0.2) is 0 Å². The van der Waals surface area contributed by atoms with Crippen LogP contribution in [0, 0.1) is 0 Å². The lowest BCUT2D eigenvalue weighted by molar-refractivity contribution is -0.130. The Morgan fingerprint density at radius 3 is 2.86 bits per heavy atom. The summed E-state index contributed by atoms with van der Waals surface area (Å²) in [4.78, 5) is 16.3. The smallest absolute Gasteiger partial charge is 0.236 e. The number of likely N-dealkylation sites (N-methyl/N-ethyl adjacent to an activating group) is 1. The predicted molar refractivity (Wildman–Crippen MR) is 109 cm³/mol. The molecule has 28 heavy (non-hydrogen) atoms. The topological polar surface area (TPSA) is 73.6 Å². The first kappa shape index (κ1) is 20.5. The van der Waals surface area contributed by atoms with E-state index in [1.54, 1.807) is 7.05 Å². The molecule has 0 saturated heterocycles. The van der Waals surface area contributed by atoms with Crippen LogP contribution < -0.4 is 5.32 Å². The number of hydrogen-bond donors (Lipinski definition) is 2. The lowest BCUT2D eigenvalue weighted by atomic mass is 10.1. The lowest BCUT2D eigenvalue weighted by Gasteiger charge is -2.19. The molecule has 1 amide bonds. The van der Waals surface area contributed by atoms with Gasteiger partial charge in [0.15, 0.2) is 0 Å². The highest BCUT2D eigenvalue weighted by molar-refractivity contribution is 5.78. The highest BCUT2D eigenvalue weighted by Crippen LogP contribution is 2.18. The van der Waals surface area contributed by atoms with Crippen molar-refractivity contribution in [3.8, 4) is 0 Å². The normalized spacial score (nSPS) is 15.4. The van der Waals surface area contributed by atoms with Crippen LogP contribution in [-0.4, -0.2) is 64.3 Å². The molecule has 1 aliphatic heterocycles. The summed E-state index contributed by atoms with van der Waals surface area (Å²) in [6.07, 6.45) is 1.15. The highest BCUT2D eigenvalue weighted by Gasteiger charge is 2.20. The average molecular weight is 386 g/mol. The molecule has 0 saturated carbocycles. The fraction of sp³-hybridized carbons (Fsp3) is 0.524. The second-order valence-electron chi connectivity index (χ2n) is 7.50. The molecule has 0 bridgehead atoms. The number of nitrogens with one attached hydrogen (secondary N) is 1. The molecule has 0 fully saturated rings. The molecule has 1 unspecified atom stereocenters. The molecule has 7 nitrogen and oxygen atoms in total. The van der Waals surface area contributed by atoms with Crippen molar-refractivity contribution in [2.24, 2.45) is 0 Å². The standard InChI is InChI=1S/C21H31N5O2/c1-22-14-21(28)25-10-6-11-26-19(16-25)13-18(23-26)15-24(2)12-9-20(27)17-7-4-3-5-8-17/h3-5,7-8,13,20,22,27H,6,9-12,14-16H2,1-2H3. The van der Waals surface area contributed by atoms with Crippen LogP contribution in [0.2, 0.25) is 0 Å². The van der Waals surface area contributed by atoms with Crippen molar-refractivity contribution in [2.75, 3.05) is 33.7 Å². The lowest BCUT2D eigenvalue weighted by Crippen LogP contribution is -2.36. The van der Waals surface area contributed by atoms with E-state index in [4.69, 9.17) is 5.10 Å². The molecule has 1 aromatic carbocycles. The third kappa shape index (κ3) is 5.41. The number of carbonyl (C=O) groups excluding carboxylic acids is 1. The Hall–Kier alpha value is -2.22. The maximum absolute atomic E-state index is 12.2. The fourth-order valence-electron chi connectivity index (χ4n) is 3.62. The number of amides is 1. The monoisotopic (exact) mass is 385 g/mol. The summed E-state index contributed by atoms with van der Waals surface area (Å²) in [5, 5.41) is 18.0. The summed E-state index contributed by atoms with van der Waals surface area (Å²) in [6.45, 7) is 4.11. The van der Waals surface area contributed by atoms with E-state index in [1.807, 2.05) is 47.0 Å². The van der Waals surface area contributed by atoms with Crippen molar-refractivity contribution < 1.29 is 9.90 Å². The number of aromatic nitrogens is 2. The van der Waals surface area contributed by atoms with Gasteiger partial charge in [-0.3, -0.25) is 9.48 Å². The Morgan fingerprint density at radius 2 is 2.11 bits per heavy atom. The molecular formula is C21H31N5O2. The van der Waals surface area contributed by atoms with Crippen LogP contribution in [0.4, 0.5) is 0 Å². The minimum atomic E-state index is -0.450. The summed E-state index contributed by atoms with van der Waals surface area (Å²) < 4.78 is 2.04. The van der Waals surface area contributed by atoms with E-state index in [0.717, 1.165) is 49.6 Å². The van der Waals surface area contributed by atoms with Gasteiger partial charge in [0, 0.05) is 26.2 Å². The zero-order chi connectivity index (χ0) is 19.9. The van der Waals surface area contributed by atoms with E-state index in [-0.39, 0.29) is 5.91 Å². The van der Waals surface area contributed by atoms with Crippen molar-refractivity contribution in [1.82, 2.24) is 24.9 Å². The van der Waals surface area contributed by atoms with Crippen LogP contribution in [0.1, 0.15) is 35.9 Å². The predicted octanol–water partition coefficient (Wildman–Crippen LogP) is 1.39. The number of aliphatic hydroxyl groups is 1. The van der Waals surface area contributed by atoms with Gasteiger partial charge in [-0.1, -0.05) is 30.3 Å². The molecule has 1 aliphatic rings. The molecule has 2 N–H and O–H groups in total. The fourth-order valence-corrected chi connectivity index (χ4v) is 3.62. The Bertz CT molecular complexity index is 761. The molecule has 152 valence electrons. The van der Waals surface area contributed by atoms with Gasteiger partial charge in [-0.05, 0) is 38.6 Å². The summed E-state index contributed by atoms with van der Waals surface area (Å²) in [5.74, 6) is 0.130. The highest BCUT2D eigenvalue weighted by atomic mass is 16.3. The molecule has 2 aromatic rings. The van der Waals surface area contributed by atoms with Gasteiger partial charge in [0.1, 0.15) is 0 Å². The average Bonchev–Trinajstić information content (AvgIpc) is 2.95. The number of fused-ring (bicyclic) bond motifs is 1. The molecule has 0 spiro atoms. The number of benzene rings is 1. The maximum atomic E-state index is 12.2. The Kier molecular flexibility index (Phi) is 7.19. The molecule has 0 radical (unpaired) electrons. The second kappa shape index (κ2) is 9.82. The van der Waals surface area contributed by atoms with E-state index < -0.39 is 6.10 Å². The van der Waals surface area contributed by atoms with E-state index in [2.05, 4.69) is 16.3 Å². The SMILES string of the molecule is CNCC(=O)N1CCCn2nc(CN(C)CCC(O)c3ccccc3)cc2C1. The molecular weight excluding hydrogens is 354 g/mol. The molecule has 1 aromatic heterocycles. The second-order valence-corrected chi connectivity index (χ2v) is 7.50. The summed E-state index contributed by atoms with van der Waals surface area (Å²) in [6, 6.07) is 11.9. The summed E-state index contributed by atoms with van der Waals surface area (Å²) >= 11 is 0. The van der Waals surface area contributed by atoms with Crippen LogP contribution in [0.3, 0.4) is 0 Å². The van der Waals surface area contributed by atoms with E-state index in [0.29, 0.717) is 19.5 Å². The first-order chi connectivity index (χ1) is 13.6. The zero-order valence-corrected chi connectivity index (χ0v) is 16.8. The van der Waals surface area contributed by atoms with Gasteiger partial charge in [0.25, 0.3) is 0 Å². The van der Waals surface area contributed by atoms with Gasteiger partial charge >= 0.3 is 0 Å². The Labute approximate surface area is 166 Å². The van der Waals surface area contributed by atoms with Crippen molar-refractivity contribution in [3.63, 3.8) is 0 Å².